The van der Waals surface area contributed by atoms with Crippen LogP contribution < -0.4 is 20.7 Å². The number of imide groups is 2. The number of nitrogens with zero attached hydrogens (tertiary/aromatic N) is 1. The van der Waals surface area contributed by atoms with Crippen LogP contribution in [-0.2, 0) is 15.1 Å². The third-order valence-electron chi connectivity index (χ3n) is 3.98. The molecule has 6 amide bonds. The second-order valence-electron chi connectivity index (χ2n) is 7.60. The van der Waals surface area contributed by atoms with Crippen LogP contribution in [-0.4, -0.2) is 47.5 Å². The molecule has 0 bridgehead atoms. The summed E-state index contributed by atoms with van der Waals surface area (Å²) in [6.07, 6.45) is 0. The highest BCUT2D eigenvalue weighted by Gasteiger charge is 2.49. The van der Waals surface area contributed by atoms with E-state index in [1.165, 1.54) is 31.2 Å². The number of carbonyl (C=O) groups excluding carboxylic acids is 4. The van der Waals surface area contributed by atoms with Crippen LogP contribution in [0.5, 0.6) is 5.75 Å². The summed E-state index contributed by atoms with van der Waals surface area (Å²) in [5, 5.41) is 7.04. The van der Waals surface area contributed by atoms with E-state index >= 15 is 0 Å². The van der Waals surface area contributed by atoms with Crippen molar-refractivity contribution in [2.24, 2.45) is 0 Å². The first-order valence-electron chi connectivity index (χ1n) is 8.63. The maximum absolute atomic E-state index is 12.8. The predicted octanol–water partition coefficient (Wildman–Crippen LogP) is 1.68. The highest BCUT2D eigenvalue weighted by molar-refractivity contribution is 6.10. The van der Waals surface area contributed by atoms with Crippen LogP contribution in [0.2, 0.25) is 0 Å². The van der Waals surface area contributed by atoms with Crippen molar-refractivity contribution in [2.45, 2.75) is 45.4 Å². The van der Waals surface area contributed by atoms with Gasteiger partial charge in [0.15, 0.2) is 0 Å². The van der Waals surface area contributed by atoms with Gasteiger partial charge >= 0.3 is 18.7 Å². The van der Waals surface area contributed by atoms with Gasteiger partial charge < -0.3 is 15.4 Å². The number of urea groups is 2. The monoisotopic (exact) mass is 412 g/mol. The molecule has 0 saturated carbocycles. The SMILES string of the molecule is CC(C)(C)NC(=O)NC(=O)CN1C(=O)N[C@@](C)(c2ccc(OC(F)F)cc2)C1=O. The van der Waals surface area contributed by atoms with E-state index in [4.69, 9.17) is 0 Å². The Labute approximate surface area is 165 Å². The number of hydrogen-bond donors (Lipinski definition) is 3. The molecule has 0 radical (unpaired) electrons. The number of rotatable bonds is 5. The van der Waals surface area contributed by atoms with E-state index in [1.54, 1.807) is 20.8 Å². The summed E-state index contributed by atoms with van der Waals surface area (Å²) < 4.78 is 28.8. The number of hydrogen-bond acceptors (Lipinski definition) is 5. The fourth-order valence-electron chi connectivity index (χ4n) is 2.69. The third kappa shape index (κ3) is 5.39. The number of amides is 6. The van der Waals surface area contributed by atoms with Crippen molar-refractivity contribution < 1.29 is 32.7 Å². The lowest BCUT2D eigenvalue weighted by Gasteiger charge is -2.23. The Bertz CT molecular complexity index is 823. The van der Waals surface area contributed by atoms with Gasteiger partial charge in [-0.05, 0) is 45.4 Å². The Balaban J connectivity index is 2.08. The van der Waals surface area contributed by atoms with Gasteiger partial charge in [0, 0.05) is 5.54 Å². The van der Waals surface area contributed by atoms with Crippen LogP contribution in [0.25, 0.3) is 0 Å². The quantitative estimate of drug-likeness (QED) is 0.636. The first-order chi connectivity index (χ1) is 13.3. The van der Waals surface area contributed by atoms with E-state index in [2.05, 4.69) is 15.4 Å². The fraction of sp³-hybridized carbons (Fsp3) is 0.444. The lowest BCUT2D eigenvalue weighted by molar-refractivity contribution is -0.134. The zero-order valence-corrected chi connectivity index (χ0v) is 16.3. The van der Waals surface area contributed by atoms with E-state index in [-0.39, 0.29) is 5.75 Å². The summed E-state index contributed by atoms with van der Waals surface area (Å²) in [6, 6.07) is 3.60. The molecule has 1 aromatic carbocycles. The second-order valence-corrected chi connectivity index (χ2v) is 7.60. The highest BCUT2D eigenvalue weighted by Crippen LogP contribution is 2.30. The number of halogens is 2. The highest BCUT2D eigenvalue weighted by atomic mass is 19.3. The van der Waals surface area contributed by atoms with Crippen LogP contribution in [0.3, 0.4) is 0 Å². The molecule has 0 aromatic heterocycles. The van der Waals surface area contributed by atoms with E-state index in [1.807, 2.05) is 5.32 Å². The predicted molar refractivity (Wildman–Crippen MR) is 97.1 cm³/mol. The summed E-state index contributed by atoms with van der Waals surface area (Å²) >= 11 is 0. The van der Waals surface area contributed by atoms with E-state index in [9.17, 15) is 28.0 Å². The average Bonchev–Trinajstić information content (AvgIpc) is 2.77. The molecule has 1 aliphatic rings. The van der Waals surface area contributed by atoms with Crippen molar-refractivity contribution in [3.63, 3.8) is 0 Å². The molecular weight excluding hydrogens is 390 g/mol. The van der Waals surface area contributed by atoms with Gasteiger partial charge in [0.05, 0.1) is 0 Å². The van der Waals surface area contributed by atoms with Crippen molar-refractivity contribution in [3.8, 4) is 5.75 Å². The first-order valence-corrected chi connectivity index (χ1v) is 8.63. The Morgan fingerprint density at radius 2 is 1.79 bits per heavy atom. The smallest absolute Gasteiger partial charge is 0.387 e. The molecular formula is C18H22F2N4O5. The van der Waals surface area contributed by atoms with Crippen molar-refractivity contribution in [1.29, 1.82) is 0 Å². The number of alkyl halides is 2. The molecule has 3 N–H and O–H groups in total. The normalized spacial score (nSPS) is 19.2. The molecule has 0 aliphatic carbocycles. The van der Waals surface area contributed by atoms with Crippen molar-refractivity contribution in [1.82, 2.24) is 20.9 Å². The molecule has 1 fully saturated rings. The maximum atomic E-state index is 12.8. The minimum Gasteiger partial charge on any atom is -0.435 e. The summed E-state index contributed by atoms with van der Waals surface area (Å²) in [5.41, 5.74) is -1.77. The number of benzene rings is 1. The Kier molecular flexibility index (Phi) is 6.10. The topological polar surface area (TPSA) is 117 Å². The molecule has 11 heteroatoms. The molecule has 158 valence electrons. The van der Waals surface area contributed by atoms with Gasteiger partial charge in [0.25, 0.3) is 5.91 Å². The fourth-order valence-corrected chi connectivity index (χ4v) is 2.69. The first kappa shape index (κ1) is 22.1. The average molecular weight is 412 g/mol. The molecule has 2 rings (SSSR count). The molecule has 0 unspecified atom stereocenters. The zero-order chi connectivity index (χ0) is 22.0. The maximum Gasteiger partial charge on any atom is 0.387 e. The van der Waals surface area contributed by atoms with Gasteiger partial charge in [0.1, 0.15) is 17.8 Å². The second kappa shape index (κ2) is 8.02. The minimum absolute atomic E-state index is 0.106. The third-order valence-corrected chi connectivity index (χ3v) is 3.98. The van der Waals surface area contributed by atoms with E-state index in [0.717, 1.165) is 0 Å². The summed E-state index contributed by atoms with van der Waals surface area (Å²) in [4.78, 5) is 49.5. The van der Waals surface area contributed by atoms with Crippen LogP contribution in [0, 0.1) is 0 Å². The van der Waals surface area contributed by atoms with Gasteiger partial charge in [-0.3, -0.25) is 19.8 Å². The summed E-state index contributed by atoms with van der Waals surface area (Å²) in [6.45, 7) is 2.92. The Morgan fingerprint density at radius 1 is 1.21 bits per heavy atom. The Morgan fingerprint density at radius 3 is 2.31 bits per heavy atom. The van der Waals surface area contributed by atoms with Crippen LogP contribution >= 0.6 is 0 Å². The zero-order valence-electron chi connectivity index (χ0n) is 16.3. The molecule has 9 nitrogen and oxygen atoms in total. The summed E-state index contributed by atoms with van der Waals surface area (Å²) in [7, 11) is 0. The molecule has 0 spiro atoms. The molecule has 29 heavy (non-hydrogen) atoms. The van der Waals surface area contributed by atoms with E-state index in [0.29, 0.717) is 10.5 Å². The minimum atomic E-state index is -2.99. The lowest BCUT2D eigenvalue weighted by Crippen LogP contribution is -2.51. The van der Waals surface area contributed by atoms with Gasteiger partial charge in [-0.25, -0.2) is 9.59 Å². The molecule has 1 saturated heterocycles. The molecule has 1 aromatic rings. The van der Waals surface area contributed by atoms with Gasteiger partial charge in [0.2, 0.25) is 5.91 Å². The van der Waals surface area contributed by atoms with Gasteiger partial charge in [-0.15, -0.1) is 0 Å². The summed E-state index contributed by atoms with van der Waals surface area (Å²) in [5.74, 6) is -1.68. The van der Waals surface area contributed by atoms with Crippen LogP contribution in [0.4, 0.5) is 18.4 Å². The van der Waals surface area contributed by atoms with Crippen molar-refractivity contribution in [3.05, 3.63) is 29.8 Å². The Hall–Kier alpha value is -3.24. The number of nitrogens with one attached hydrogen (secondary N) is 3. The number of ether oxygens (including phenoxy) is 1. The van der Waals surface area contributed by atoms with Gasteiger partial charge in [-0.1, -0.05) is 12.1 Å². The lowest BCUT2D eigenvalue weighted by atomic mass is 9.92. The standard InChI is InChI=1S/C18H22F2N4O5/c1-17(2,3)22-15(27)21-12(25)9-24-13(26)18(4,23-16(24)28)10-5-7-11(8-6-10)29-14(19)20/h5-8,14H,9H2,1-4H3,(H,23,28)(H2,21,22,25,27)/t18-/m0/s1. The van der Waals surface area contributed by atoms with E-state index < -0.39 is 48.1 Å². The molecule has 1 heterocycles. The molecule has 1 atom stereocenters. The molecule has 1 aliphatic heterocycles. The van der Waals surface area contributed by atoms with Crippen molar-refractivity contribution in [2.75, 3.05) is 6.54 Å². The van der Waals surface area contributed by atoms with Gasteiger partial charge in [-0.2, -0.15) is 8.78 Å². The van der Waals surface area contributed by atoms with Crippen LogP contribution in [0.15, 0.2) is 24.3 Å². The van der Waals surface area contributed by atoms with Crippen LogP contribution in [0.1, 0.15) is 33.3 Å². The largest absolute Gasteiger partial charge is 0.435 e. The number of carbonyl (C=O) groups is 4. The van der Waals surface area contributed by atoms with Crippen molar-refractivity contribution >= 4 is 23.9 Å².